The molecule has 3 N–H and O–H groups in total. The Hall–Kier alpha value is -1.47. The summed E-state index contributed by atoms with van der Waals surface area (Å²) in [6, 6.07) is 0. The number of carboxylic acids is 1. The fraction of sp³-hybridized carbons (Fsp3) is 0.400. The van der Waals surface area contributed by atoms with Crippen LogP contribution in [0, 0.1) is 0 Å². The largest absolute Gasteiger partial charge is 0.479 e. The van der Waals surface area contributed by atoms with Gasteiger partial charge < -0.3 is 20.1 Å². The van der Waals surface area contributed by atoms with E-state index in [-0.39, 0.29) is 6.47 Å². The molecule has 0 aromatic heterocycles. The van der Waals surface area contributed by atoms with Gasteiger partial charge in [0.2, 0.25) is 0 Å². The quantitative estimate of drug-likeness (QED) is 0.247. The number of carboxylic acid groups (broad SMARTS) is 1. The molecule has 0 fully saturated rings. The summed E-state index contributed by atoms with van der Waals surface area (Å²) in [7, 11) is 0. The van der Waals surface area contributed by atoms with Crippen molar-refractivity contribution in [3.8, 4) is 0 Å². The summed E-state index contributed by atoms with van der Waals surface area (Å²) in [4.78, 5) is 29.8. The zero-order valence-corrected chi connectivity index (χ0v) is 5.71. The Morgan fingerprint density at radius 3 is 2.08 bits per heavy atom. The lowest BCUT2D eigenvalue weighted by atomic mass is 10.2. The van der Waals surface area contributed by atoms with Crippen molar-refractivity contribution in [2.24, 2.45) is 0 Å². The topological polar surface area (TPSA) is 121 Å². The van der Waals surface area contributed by atoms with Gasteiger partial charge in [-0.2, -0.15) is 0 Å². The van der Waals surface area contributed by atoms with Crippen molar-refractivity contribution in [1.82, 2.24) is 0 Å². The van der Waals surface area contributed by atoms with Gasteiger partial charge in [0.25, 0.3) is 0 Å². The molecule has 0 aliphatic rings. The summed E-state index contributed by atoms with van der Waals surface area (Å²) >= 11 is 0. The highest BCUT2D eigenvalue weighted by Gasteiger charge is 2.31. The van der Waals surface area contributed by atoms with E-state index in [0.717, 1.165) is 0 Å². The number of hydrogen-bond acceptors (Lipinski definition) is 6. The first-order valence-corrected chi connectivity index (χ1v) is 2.73. The summed E-state index contributed by atoms with van der Waals surface area (Å²) in [6.45, 7) is -0.278. The lowest BCUT2D eigenvalue weighted by molar-refractivity contribution is -0.171. The van der Waals surface area contributed by atoms with Crippen molar-refractivity contribution < 1.29 is 34.4 Å². The maximum Gasteiger partial charge on any atom is 0.345 e. The second kappa shape index (κ2) is 4.42. The van der Waals surface area contributed by atoms with E-state index in [4.69, 9.17) is 15.3 Å². The second-order valence-corrected chi connectivity index (χ2v) is 1.76. The number of aliphatic hydroxyl groups is 2. The van der Waals surface area contributed by atoms with Crippen LogP contribution >= 0.6 is 0 Å². The molecule has 0 aliphatic heterocycles. The van der Waals surface area contributed by atoms with Gasteiger partial charge in [0.05, 0.1) is 0 Å². The second-order valence-electron chi connectivity index (χ2n) is 1.76. The smallest absolute Gasteiger partial charge is 0.345 e. The summed E-state index contributed by atoms with van der Waals surface area (Å²) in [5.74, 6) is -3.30. The van der Waals surface area contributed by atoms with Crippen LogP contribution in [0.5, 0.6) is 0 Å². The molecule has 0 heterocycles. The van der Waals surface area contributed by atoms with E-state index in [1.165, 1.54) is 0 Å². The predicted molar refractivity (Wildman–Crippen MR) is 31.8 cm³/mol. The molecule has 0 bridgehead atoms. The molecule has 7 nitrogen and oxygen atoms in total. The van der Waals surface area contributed by atoms with Gasteiger partial charge in [-0.15, -0.1) is 0 Å². The van der Waals surface area contributed by atoms with Crippen molar-refractivity contribution in [3.05, 3.63) is 0 Å². The van der Waals surface area contributed by atoms with Crippen LogP contribution < -0.4 is 0 Å². The van der Waals surface area contributed by atoms with E-state index in [1.54, 1.807) is 0 Å². The molecule has 68 valence electrons. The fourth-order valence-corrected chi connectivity index (χ4v) is 0.381. The molecular formula is C5H6O7. The molecule has 0 aromatic carbocycles. The third kappa shape index (κ3) is 2.64. The van der Waals surface area contributed by atoms with Crippen molar-refractivity contribution in [2.75, 3.05) is 0 Å². The molecule has 0 radical (unpaired) electrons. The third-order valence-electron chi connectivity index (χ3n) is 0.958. The van der Waals surface area contributed by atoms with E-state index in [2.05, 4.69) is 4.74 Å². The SMILES string of the molecule is O=COC(=O)C(O)C(O)C(=O)O. The normalized spacial score (nSPS) is 14.5. The van der Waals surface area contributed by atoms with E-state index in [1.807, 2.05) is 0 Å². The maximum atomic E-state index is 10.4. The molecule has 0 amide bonds. The van der Waals surface area contributed by atoms with Crippen LogP contribution in [-0.4, -0.2) is 45.9 Å². The van der Waals surface area contributed by atoms with E-state index in [9.17, 15) is 14.4 Å². The Kier molecular flexibility index (Phi) is 3.88. The first kappa shape index (κ1) is 10.5. The maximum absolute atomic E-state index is 10.4. The summed E-state index contributed by atoms with van der Waals surface area (Å²) in [5, 5.41) is 25.2. The minimum Gasteiger partial charge on any atom is -0.479 e. The third-order valence-corrected chi connectivity index (χ3v) is 0.958. The molecule has 0 aliphatic carbocycles. The van der Waals surface area contributed by atoms with Crippen LogP contribution in [0.15, 0.2) is 0 Å². The van der Waals surface area contributed by atoms with Crippen molar-refractivity contribution >= 4 is 18.4 Å². The average molecular weight is 178 g/mol. The molecule has 12 heavy (non-hydrogen) atoms. The highest BCUT2D eigenvalue weighted by molar-refractivity contribution is 5.86. The number of hydrogen-bond donors (Lipinski definition) is 3. The average Bonchev–Trinajstić information content (AvgIpc) is 2.02. The van der Waals surface area contributed by atoms with Crippen LogP contribution in [0.1, 0.15) is 0 Å². The monoisotopic (exact) mass is 178 g/mol. The Bertz CT molecular complexity index is 198. The van der Waals surface area contributed by atoms with Gasteiger partial charge in [0.15, 0.2) is 12.2 Å². The van der Waals surface area contributed by atoms with Crippen LogP contribution in [0.25, 0.3) is 0 Å². The molecular weight excluding hydrogens is 172 g/mol. The molecule has 0 aromatic rings. The van der Waals surface area contributed by atoms with Crippen LogP contribution in [-0.2, 0) is 19.1 Å². The van der Waals surface area contributed by atoms with Gasteiger partial charge >= 0.3 is 18.4 Å². The van der Waals surface area contributed by atoms with Gasteiger partial charge in [-0.05, 0) is 0 Å². The molecule has 2 unspecified atom stereocenters. The summed E-state index contributed by atoms with van der Waals surface area (Å²) < 4.78 is 3.58. The Morgan fingerprint density at radius 2 is 1.75 bits per heavy atom. The summed E-state index contributed by atoms with van der Waals surface area (Å²) in [5.41, 5.74) is 0. The lowest BCUT2D eigenvalue weighted by Gasteiger charge is -2.09. The minimum absolute atomic E-state index is 0.278. The first-order chi connectivity index (χ1) is 5.50. The number of ether oxygens (including phenoxy) is 1. The zero-order valence-electron chi connectivity index (χ0n) is 5.71. The van der Waals surface area contributed by atoms with Crippen molar-refractivity contribution in [2.45, 2.75) is 12.2 Å². The molecule has 0 spiro atoms. The number of rotatable bonds is 4. The number of aliphatic carboxylic acids is 1. The molecule has 2 atom stereocenters. The number of carbonyl (C=O) groups is 3. The highest BCUT2D eigenvalue weighted by atomic mass is 16.6. The number of carbonyl (C=O) groups excluding carboxylic acids is 2. The first-order valence-electron chi connectivity index (χ1n) is 2.73. The van der Waals surface area contributed by atoms with Gasteiger partial charge in [-0.25, -0.2) is 9.59 Å². The Balaban J connectivity index is 4.17. The van der Waals surface area contributed by atoms with Crippen molar-refractivity contribution in [1.29, 1.82) is 0 Å². The van der Waals surface area contributed by atoms with Gasteiger partial charge in [-0.3, -0.25) is 4.79 Å². The summed E-state index contributed by atoms with van der Waals surface area (Å²) in [6.07, 6.45) is -4.55. The molecule has 0 rings (SSSR count). The van der Waals surface area contributed by atoms with Crippen molar-refractivity contribution in [3.63, 3.8) is 0 Å². The standard InChI is InChI=1S/C5H6O7/c6-1-12-5(11)3(8)2(7)4(9)10/h1-3,7-8H,(H,9,10). The van der Waals surface area contributed by atoms with E-state index >= 15 is 0 Å². The Morgan fingerprint density at radius 1 is 1.25 bits per heavy atom. The van der Waals surface area contributed by atoms with Gasteiger partial charge in [0, 0.05) is 0 Å². The van der Waals surface area contributed by atoms with E-state index in [0.29, 0.717) is 0 Å². The van der Waals surface area contributed by atoms with Gasteiger partial charge in [0.1, 0.15) is 0 Å². The van der Waals surface area contributed by atoms with Crippen LogP contribution in [0.3, 0.4) is 0 Å². The number of esters is 1. The minimum atomic E-state index is -2.29. The number of aliphatic hydroxyl groups excluding tert-OH is 2. The predicted octanol–water partition coefficient (Wildman–Crippen LogP) is -2.51. The van der Waals surface area contributed by atoms with Gasteiger partial charge in [-0.1, -0.05) is 0 Å². The fourth-order valence-electron chi connectivity index (χ4n) is 0.381. The Labute approximate surface area is 66.2 Å². The van der Waals surface area contributed by atoms with Crippen LogP contribution in [0.4, 0.5) is 0 Å². The van der Waals surface area contributed by atoms with Crippen LogP contribution in [0.2, 0.25) is 0 Å². The highest BCUT2D eigenvalue weighted by Crippen LogP contribution is 1.95. The molecule has 7 heteroatoms. The molecule has 0 saturated carbocycles. The van der Waals surface area contributed by atoms with E-state index < -0.39 is 24.1 Å². The zero-order chi connectivity index (χ0) is 9.72. The lowest BCUT2D eigenvalue weighted by Crippen LogP contribution is -2.40. The molecule has 0 saturated heterocycles.